The highest BCUT2D eigenvalue weighted by Crippen LogP contribution is 2.31. The lowest BCUT2D eigenvalue weighted by Gasteiger charge is -2.34. The molecule has 1 aliphatic rings. The highest BCUT2D eigenvalue weighted by Gasteiger charge is 2.32. The summed E-state index contributed by atoms with van der Waals surface area (Å²) in [6, 6.07) is 6.15. The summed E-state index contributed by atoms with van der Waals surface area (Å²) < 4.78 is 15.1. The fourth-order valence-corrected chi connectivity index (χ4v) is 3.43. The molecular weight excluding hydrogens is 321 g/mol. The minimum atomic E-state index is -0.303. The summed E-state index contributed by atoms with van der Waals surface area (Å²) >= 11 is 0. The van der Waals surface area contributed by atoms with Gasteiger partial charge in [0.1, 0.15) is 11.6 Å². The van der Waals surface area contributed by atoms with Crippen LogP contribution < -0.4 is 0 Å². The van der Waals surface area contributed by atoms with Gasteiger partial charge in [0.25, 0.3) is 5.91 Å². The Balaban J connectivity index is 1.69. The Labute approximate surface area is 144 Å². The SMILES string of the molecule is Cc1cc(C(=O)N2CCCCC2c2nc3ccc(F)cc3[nH]2)nn1C. The van der Waals surface area contributed by atoms with Crippen LogP contribution in [0.3, 0.4) is 0 Å². The van der Waals surface area contributed by atoms with Crippen LogP contribution in [0.4, 0.5) is 4.39 Å². The van der Waals surface area contributed by atoms with Gasteiger partial charge in [-0.3, -0.25) is 9.48 Å². The van der Waals surface area contributed by atoms with Gasteiger partial charge in [-0.05, 0) is 50.5 Å². The number of likely N-dealkylation sites (tertiary alicyclic amines) is 1. The second kappa shape index (κ2) is 5.98. The third kappa shape index (κ3) is 2.79. The van der Waals surface area contributed by atoms with Gasteiger partial charge in [0.15, 0.2) is 5.69 Å². The van der Waals surface area contributed by atoms with E-state index in [0.717, 1.165) is 25.0 Å². The Bertz CT molecular complexity index is 925. The van der Waals surface area contributed by atoms with E-state index in [1.54, 1.807) is 10.7 Å². The number of halogens is 1. The summed E-state index contributed by atoms with van der Waals surface area (Å²) in [5, 5.41) is 4.31. The number of imidazole rings is 1. The Morgan fingerprint density at radius 3 is 2.92 bits per heavy atom. The first-order chi connectivity index (χ1) is 12.0. The van der Waals surface area contributed by atoms with Gasteiger partial charge in [-0.1, -0.05) is 0 Å². The van der Waals surface area contributed by atoms with E-state index in [1.165, 1.54) is 12.1 Å². The van der Waals surface area contributed by atoms with E-state index in [4.69, 9.17) is 0 Å². The predicted molar refractivity (Wildman–Crippen MR) is 91.6 cm³/mol. The molecule has 1 unspecified atom stereocenters. The fraction of sp³-hybridized carbons (Fsp3) is 0.389. The van der Waals surface area contributed by atoms with Crippen LogP contribution in [-0.2, 0) is 7.05 Å². The molecule has 0 saturated carbocycles. The van der Waals surface area contributed by atoms with E-state index >= 15 is 0 Å². The van der Waals surface area contributed by atoms with Gasteiger partial charge in [-0.2, -0.15) is 5.10 Å². The van der Waals surface area contributed by atoms with E-state index in [1.807, 2.05) is 24.9 Å². The topological polar surface area (TPSA) is 66.8 Å². The van der Waals surface area contributed by atoms with Crippen LogP contribution in [0.25, 0.3) is 11.0 Å². The van der Waals surface area contributed by atoms with E-state index in [-0.39, 0.29) is 17.8 Å². The van der Waals surface area contributed by atoms with Crippen molar-refractivity contribution in [1.29, 1.82) is 0 Å². The lowest BCUT2D eigenvalue weighted by molar-refractivity contribution is 0.0594. The minimum absolute atomic E-state index is 0.0833. The molecule has 6 nitrogen and oxygen atoms in total. The molecule has 1 fully saturated rings. The Kier molecular flexibility index (Phi) is 3.78. The zero-order chi connectivity index (χ0) is 17.6. The number of hydrogen-bond donors (Lipinski definition) is 1. The summed E-state index contributed by atoms with van der Waals surface area (Å²) in [5.74, 6) is 0.324. The molecule has 1 atom stereocenters. The van der Waals surface area contributed by atoms with Gasteiger partial charge >= 0.3 is 0 Å². The lowest BCUT2D eigenvalue weighted by Crippen LogP contribution is -2.39. The van der Waals surface area contributed by atoms with Crippen molar-refractivity contribution in [3.8, 4) is 0 Å². The summed E-state index contributed by atoms with van der Waals surface area (Å²) in [5.41, 5.74) is 2.76. The van der Waals surface area contributed by atoms with E-state index < -0.39 is 0 Å². The molecule has 0 radical (unpaired) electrons. The maximum absolute atomic E-state index is 13.4. The standard InChI is InChI=1S/C18H20FN5O/c1-11-9-15(22-23(11)2)18(25)24-8-4-3-5-16(24)17-20-13-7-6-12(19)10-14(13)21-17/h6-7,9-10,16H,3-5,8H2,1-2H3,(H,20,21). The van der Waals surface area contributed by atoms with Gasteiger partial charge in [0.2, 0.25) is 0 Å². The maximum Gasteiger partial charge on any atom is 0.274 e. The van der Waals surface area contributed by atoms with Crippen molar-refractivity contribution in [2.24, 2.45) is 7.05 Å². The van der Waals surface area contributed by atoms with Gasteiger partial charge in [0, 0.05) is 19.3 Å². The Morgan fingerprint density at radius 2 is 2.16 bits per heavy atom. The average molecular weight is 341 g/mol. The molecule has 0 bridgehead atoms. The molecular formula is C18H20FN5O. The number of carbonyl (C=O) groups excluding carboxylic acids is 1. The van der Waals surface area contributed by atoms with E-state index in [0.29, 0.717) is 29.1 Å². The Hall–Kier alpha value is -2.70. The molecule has 25 heavy (non-hydrogen) atoms. The number of hydrogen-bond acceptors (Lipinski definition) is 3. The number of amides is 1. The molecule has 3 heterocycles. The molecule has 1 N–H and O–H groups in total. The average Bonchev–Trinajstić information content (AvgIpc) is 3.17. The number of aromatic nitrogens is 4. The first-order valence-electron chi connectivity index (χ1n) is 8.50. The smallest absolute Gasteiger partial charge is 0.274 e. The van der Waals surface area contributed by atoms with Crippen LogP contribution in [0, 0.1) is 12.7 Å². The van der Waals surface area contributed by atoms with Crippen LogP contribution in [0.15, 0.2) is 24.3 Å². The first-order valence-corrected chi connectivity index (χ1v) is 8.50. The largest absolute Gasteiger partial charge is 0.340 e. The zero-order valence-electron chi connectivity index (χ0n) is 14.3. The quantitative estimate of drug-likeness (QED) is 0.779. The van der Waals surface area contributed by atoms with Crippen LogP contribution in [0.1, 0.15) is 47.3 Å². The van der Waals surface area contributed by atoms with Gasteiger partial charge in [-0.25, -0.2) is 9.37 Å². The third-order valence-electron chi connectivity index (χ3n) is 4.87. The lowest BCUT2D eigenvalue weighted by atomic mass is 10.0. The molecule has 7 heteroatoms. The van der Waals surface area contributed by atoms with Crippen molar-refractivity contribution in [3.05, 3.63) is 47.3 Å². The number of fused-ring (bicyclic) bond motifs is 1. The van der Waals surface area contributed by atoms with Crippen molar-refractivity contribution in [2.75, 3.05) is 6.54 Å². The zero-order valence-corrected chi connectivity index (χ0v) is 14.3. The van der Waals surface area contributed by atoms with Crippen molar-refractivity contribution in [1.82, 2.24) is 24.6 Å². The van der Waals surface area contributed by atoms with Crippen molar-refractivity contribution < 1.29 is 9.18 Å². The van der Waals surface area contributed by atoms with Gasteiger partial charge in [-0.15, -0.1) is 0 Å². The number of nitrogens with one attached hydrogen (secondary N) is 1. The number of rotatable bonds is 2. The Morgan fingerprint density at radius 1 is 1.32 bits per heavy atom. The normalized spacial score (nSPS) is 18.0. The molecule has 3 aromatic rings. The van der Waals surface area contributed by atoms with Crippen molar-refractivity contribution in [2.45, 2.75) is 32.2 Å². The highest BCUT2D eigenvalue weighted by atomic mass is 19.1. The number of H-pyrrole nitrogens is 1. The second-order valence-electron chi connectivity index (χ2n) is 6.59. The van der Waals surface area contributed by atoms with Crippen molar-refractivity contribution >= 4 is 16.9 Å². The molecule has 1 aliphatic heterocycles. The molecule has 1 aromatic carbocycles. The van der Waals surface area contributed by atoms with Crippen LogP contribution in [0.2, 0.25) is 0 Å². The molecule has 4 rings (SSSR count). The van der Waals surface area contributed by atoms with Gasteiger partial charge < -0.3 is 9.88 Å². The number of aryl methyl sites for hydroxylation is 2. The van der Waals surface area contributed by atoms with Crippen LogP contribution in [0.5, 0.6) is 0 Å². The summed E-state index contributed by atoms with van der Waals surface area (Å²) in [4.78, 5) is 22.6. The number of carbonyl (C=O) groups is 1. The maximum atomic E-state index is 13.4. The molecule has 0 spiro atoms. The summed E-state index contributed by atoms with van der Waals surface area (Å²) in [6.45, 7) is 2.59. The molecule has 1 amide bonds. The molecule has 0 aliphatic carbocycles. The van der Waals surface area contributed by atoms with Crippen molar-refractivity contribution in [3.63, 3.8) is 0 Å². The third-order valence-corrected chi connectivity index (χ3v) is 4.87. The fourth-order valence-electron chi connectivity index (χ4n) is 3.43. The number of nitrogens with zero attached hydrogens (tertiary/aromatic N) is 4. The second-order valence-corrected chi connectivity index (χ2v) is 6.59. The number of aromatic amines is 1. The van der Waals surface area contributed by atoms with E-state index in [2.05, 4.69) is 15.1 Å². The summed E-state index contributed by atoms with van der Waals surface area (Å²) in [7, 11) is 1.83. The van der Waals surface area contributed by atoms with Crippen LogP contribution >= 0.6 is 0 Å². The molecule has 130 valence electrons. The minimum Gasteiger partial charge on any atom is -0.340 e. The van der Waals surface area contributed by atoms with Crippen LogP contribution in [-0.4, -0.2) is 37.1 Å². The molecule has 2 aromatic heterocycles. The number of benzene rings is 1. The highest BCUT2D eigenvalue weighted by molar-refractivity contribution is 5.92. The van der Waals surface area contributed by atoms with Gasteiger partial charge in [0.05, 0.1) is 17.1 Å². The number of piperidine rings is 1. The monoisotopic (exact) mass is 341 g/mol. The molecule has 1 saturated heterocycles. The first kappa shape index (κ1) is 15.8. The summed E-state index contributed by atoms with van der Waals surface area (Å²) in [6.07, 6.45) is 2.82. The van der Waals surface area contributed by atoms with E-state index in [9.17, 15) is 9.18 Å². The predicted octanol–water partition coefficient (Wildman–Crippen LogP) is 3.11.